The molecule has 2 aromatic heterocycles. The van der Waals surface area contributed by atoms with Gasteiger partial charge in [-0.05, 0) is 44.7 Å². The van der Waals surface area contributed by atoms with Crippen LogP contribution in [0.15, 0.2) is 24.4 Å². The molecule has 0 unspecified atom stereocenters. The van der Waals surface area contributed by atoms with Gasteiger partial charge in [0, 0.05) is 29.4 Å². The highest BCUT2D eigenvalue weighted by molar-refractivity contribution is 6.06. The largest absolute Gasteiger partial charge is 0.358 e. The molecule has 5 nitrogen and oxygen atoms in total. The van der Waals surface area contributed by atoms with Crippen molar-refractivity contribution in [2.24, 2.45) is 7.05 Å². The second-order valence-electron chi connectivity index (χ2n) is 6.69. The van der Waals surface area contributed by atoms with E-state index in [1.165, 1.54) is 11.3 Å². The number of benzene rings is 1. The fourth-order valence-electron chi connectivity index (χ4n) is 3.76. The standard InChI is InChI=1S/C19H22N4O/c1-11-12(2)21-18-13(11)6-4-7-14(18)19(24)22-16-8-5-9-17-15(16)10-20-23(17)3/h4,6-7,10,16,21H,5,8-9H2,1-3H3,(H,22,24)/t16-/m0/s1. The minimum absolute atomic E-state index is 0.0245. The molecule has 1 atom stereocenters. The Bertz CT molecular complexity index is 934. The van der Waals surface area contributed by atoms with E-state index < -0.39 is 0 Å². The van der Waals surface area contributed by atoms with Crippen LogP contribution in [-0.4, -0.2) is 20.7 Å². The van der Waals surface area contributed by atoms with Crippen molar-refractivity contribution < 1.29 is 4.79 Å². The number of carbonyl (C=O) groups is 1. The third kappa shape index (κ3) is 2.23. The predicted octanol–water partition coefficient (Wildman–Crippen LogP) is 3.33. The summed E-state index contributed by atoms with van der Waals surface area (Å²) in [6.07, 6.45) is 4.96. The fraction of sp³-hybridized carbons (Fsp3) is 0.368. The highest BCUT2D eigenvalue weighted by Crippen LogP contribution is 2.30. The monoisotopic (exact) mass is 322 g/mol. The number of aromatic amines is 1. The fourth-order valence-corrected chi connectivity index (χ4v) is 3.76. The molecule has 2 heterocycles. The van der Waals surface area contributed by atoms with Crippen LogP contribution >= 0.6 is 0 Å². The summed E-state index contributed by atoms with van der Waals surface area (Å²) in [5.74, 6) is -0.0245. The summed E-state index contributed by atoms with van der Waals surface area (Å²) < 4.78 is 1.92. The molecule has 4 rings (SSSR count). The first kappa shape index (κ1) is 15.0. The van der Waals surface area contributed by atoms with Crippen LogP contribution in [0.2, 0.25) is 0 Å². The van der Waals surface area contributed by atoms with E-state index in [-0.39, 0.29) is 11.9 Å². The third-order valence-electron chi connectivity index (χ3n) is 5.27. The van der Waals surface area contributed by atoms with Crippen molar-refractivity contribution in [2.45, 2.75) is 39.2 Å². The number of carbonyl (C=O) groups excluding carboxylic acids is 1. The number of H-pyrrole nitrogens is 1. The summed E-state index contributed by atoms with van der Waals surface area (Å²) >= 11 is 0. The van der Waals surface area contributed by atoms with E-state index in [9.17, 15) is 4.79 Å². The normalized spacial score (nSPS) is 17.0. The Morgan fingerprint density at radius 2 is 2.21 bits per heavy atom. The minimum Gasteiger partial charge on any atom is -0.358 e. The van der Waals surface area contributed by atoms with Gasteiger partial charge in [-0.3, -0.25) is 9.48 Å². The predicted molar refractivity (Wildman–Crippen MR) is 94.1 cm³/mol. The number of amides is 1. The quantitative estimate of drug-likeness (QED) is 0.760. The molecule has 124 valence electrons. The SMILES string of the molecule is Cc1[nH]c2c(C(=O)N[C@H]3CCCc4c3cnn4C)cccc2c1C. The Hall–Kier alpha value is -2.56. The summed E-state index contributed by atoms with van der Waals surface area (Å²) in [7, 11) is 1.97. The molecule has 1 aliphatic rings. The van der Waals surface area contributed by atoms with E-state index in [0.29, 0.717) is 5.56 Å². The summed E-state index contributed by atoms with van der Waals surface area (Å²) in [5, 5.41) is 8.68. The molecule has 3 aromatic rings. The summed E-state index contributed by atoms with van der Waals surface area (Å²) in [5.41, 5.74) is 6.33. The van der Waals surface area contributed by atoms with Gasteiger partial charge in [0.25, 0.3) is 5.91 Å². The number of para-hydroxylation sites is 1. The van der Waals surface area contributed by atoms with Gasteiger partial charge in [-0.1, -0.05) is 12.1 Å². The zero-order valence-electron chi connectivity index (χ0n) is 14.3. The van der Waals surface area contributed by atoms with Gasteiger partial charge in [0.15, 0.2) is 0 Å². The second-order valence-corrected chi connectivity index (χ2v) is 6.69. The first-order chi connectivity index (χ1) is 11.6. The molecule has 24 heavy (non-hydrogen) atoms. The van der Waals surface area contributed by atoms with Crippen LogP contribution in [0.3, 0.4) is 0 Å². The van der Waals surface area contributed by atoms with Crippen molar-refractivity contribution in [3.63, 3.8) is 0 Å². The van der Waals surface area contributed by atoms with Crippen LogP contribution in [0.5, 0.6) is 0 Å². The number of aryl methyl sites for hydroxylation is 3. The van der Waals surface area contributed by atoms with Crippen molar-refractivity contribution in [2.75, 3.05) is 0 Å². The Morgan fingerprint density at radius 3 is 3.04 bits per heavy atom. The molecule has 0 radical (unpaired) electrons. The smallest absolute Gasteiger partial charge is 0.253 e. The molecule has 0 spiro atoms. The highest BCUT2D eigenvalue weighted by Gasteiger charge is 2.25. The van der Waals surface area contributed by atoms with Crippen LogP contribution in [0.4, 0.5) is 0 Å². The summed E-state index contributed by atoms with van der Waals surface area (Å²) in [6.45, 7) is 4.12. The number of nitrogens with one attached hydrogen (secondary N) is 2. The maximum atomic E-state index is 12.9. The van der Waals surface area contributed by atoms with Crippen molar-refractivity contribution in [1.29, 1.82) is 0 Å². The van der Waals surface area contributed by atoms with Gasteiger partial charge in [0.05, 0.1) is 23.3 Å². The average Bonchev–Trinajstić information content (AvgIpc) is 3.09. The number of hydrogen-bond acceptors (Lipinski definition) is 2. The van der Waals surface area contributed by atoms with Crippen molar-refractivity contribution in [1.82, 2.24) is 20.1 Å². The maximum absolute atomic E-state index is 12.9. The number of hydrogen-bond donors (Lipinski definition) is 2. The van der Waals surface area contributed by atoms with E-state index in [0.717, 1.165) is 41.4 Å². The van der Waals surface area contributed by atoms with Crippen LogP contribution < -0.4 is 5.32 Å². The Balaban J connectivity index is 1.67. The molecule has 1 aromatic carbocycles. The topological polar surface area (TPSA) is 62.7 Å². The number of fused-ring (bicyclic) bond motifs is 2. The van der Waals surface area contributed by atoms with E-state index in [1.54, 1.807) is 0 Å². The number of rotatable bonds is 2. The molecular weight excluding hydrogens is 300 g/mol. The lowest BCUT2D eigenvalue weighted by atomic mass is 9.92. The molecule has 0 saturated carbocycles. The van der Waals surface area contributed by atoms with Gasteiger partial charge in [0.1, 0.15) is 0 Å². The molecular formula is C19H22N4O. The van der Waals surface area contributed by atoms with Crippen LogP contribution in [0.1, 0.15) is 51.8 Å². The number of nitrogens with zero attached hydrogens (tertiary/aromatic N) is 2. The first-order valence-electron chi connectivity index (χ1n) is 8.45. The average molecular weight is 322 g/mol. The zero-order chi connectivity index (χ0) is 16.8. The zero-order valence-corrected chi connectivity index (χ0v) is 14.3. The van der Waals surface area contributed by atoms with Crippen molar-refractivity contribution in [3.8, 4) is 0 Å². The van der Waals surface area contributed by atoms with Gasteiger partial charge in [0.2, 0.25) is 0 Å². The van der Waals surface area contributed by atoms with Crippen LogP contribution in [0.25, 0.3) is 10.9 Å². The van der Waals surface area contributed by atoms with Crippen molar-refractivity contribution in [3.05, 3.63) is 52.5 Å². The van der Waals surface area contributed by atoms with E-state index in [4.69, 9.17) is 0 Å². The summed E-state index contributed by atoms with van der Waals surface area (Å²) in [4.78, 5) is 16.3. The first-order valence-corrected chi connectivity index (χ1v) is 8.45. The molecule has 1 amide bonds. The van der Waals surface area contributed by atoms with Crippen LogP contribution in [0, 0.1) is 13.8 Å². The molecule has 0 aliphatic heterocycles. The molecule has 0 saturated heterocycles. The van der Waals surface area contributed by atoms with E-state index in [1.807, 2.05) is 37.0 Å². The van der Waals surface area contributed by atoms with Gasteiger partial charge in [-0.15, -0.1) is 0 Å². The second kappa shape index (κ2) is 5.51. The van der Waals surface area contributed by atoms with E-state index >= 15 is 0 Å². The molecule has 0 bridgehead atoms. The molecule has 1 aliphatic carbocycles. The molecule has 0 fully saturated rings. The molecule has 5 heteroatoms. The third-order valence-corrected chi connectivity index (χ3v) is 5.27. The van der Waals surface area contributed by atoms with Gasteiger partial charge >= 0.3 is 0 Å². The Kier molecular flexibility index (Phi) is 3.44. The lowest BCUT2D eigenvalue weighted by Gasteiger charge is -2.24. The van der Waals surface area contributed by atoms with Crippen LogP contribution in [-0.2, 0) is 13.5 Å². The Labute approximate surface area is 141 Å². The minimum atomic E-state index is -0.0245. The van der Waals surface area contributed by atoms with Gasteiger partial charge in [-0.25, -0.2) is 0 Å². The number of aromatic nitrogens is 3. The lowest BCUT2D eigenvalue weighted by molar-refractivity contribution is 0.0934. The Morgan fingerprint density at radius 1 is 1.38 bits per heavy atom. The highest BCUT2D eigenvalue weighted by atomic mass is 16.1. The maximum Gasteiger partial charge on any atom is 0.253 e. The molecule has 2 N–H and O–H groups in total. The van der Waals surface area contributed by atoms with Gasteiger partial charge in [-0.2, -0.15) is 5.10 Å². The van der Waals surface area contributed by atoms with E-state index in [2.05, 4.69) is 28.4 Å². The van der Waals surface area contributed by atoms with Crippen molar-refractivity contribution >= 4 is 16.8 Å². The van der Waals surface area contributed by atoms with Gasteiger partial charge < -0.3 is 10.3 Å². The lowest BCUT2D eigenvalue weighted by Crippen LogP contribution is -2.31. The summed E-state index contributed by atoms with van der Waals surface area (Å²) in [6, 6.07) is 5.95.